The summed E-state index contributed by atoms with van der Waals surface area (Å²) < 4.78 is 13.5. The molecule has 0 aromatic heterocycles. The summed E-state index contributed by atoms with van der Waals surface area (Å²) in [5, 5.41) is 0. The van der Waals surface area contributed by atoms with E-state index in [1.165, 1.54) is 12.1 Å². The summed E-state index contributed by atoms with van der Waals surface area (Å²) in [5.41, 5.74) is 3.56. The Morgan fingerprint density at radius 1 is 0.667 bits per heavy atom. The van der Waals surface area contributed by atoms with E-state index in [9.17, 15) is 4.39 Å². The van der Waals surface area contributed by atoms with Gasteiger partial charge < -0.3 is 0 Å². The fraction of sp³-hybridized carbons (Fsp3) is 0. The van der Waals surface area contributed by atoms with Crippen LogP contribution in [-0.2, 0) is 0 Å². The van der Waals surface area contributed by atoms with Crippen LogP contribution in [-0.4, -0.2) is 0 Å². The Kier molecular flexibility index (Phi) is 3.80. The molecule has 0 bridgehead atoms. The summed E-state index contributed by atoms with van der Waals surface area (Å²) in [6.45, 7) is 0. The monoisotopic (exact) mass is 272 g/mol. The van der Waals surface area contributed by atoms with Crippen LogP contribution in [0, 0.1) is 17.7 Å². The molecule has 0 aliphatic carbocycles. The molecule has 0 saturated heterocycles. The van der Waals surface area contributed by atoms with E-state index in [-0.39, 0.29) is 5.82 Å². The van der Waals surface area contributed by atoms with Crippen molar-refractivity contribution in [2.24, 2.45) is 0 Å². The van der Waals surface area contributed by atoms with Gasteiger partial charge in [0.1, 0.15) is 5.82 Å². The molecule has 0 N–H and O–H groups in total. The van der Waals surface area contributed by atoms with Crippen molar-refractivity contribution >= 4 is 0 Å². The SMILES string of the molecule is Fc1ccc(C#Cc2ccccc2)c(-c2ccccc2)c1. The van der Waals surface area contributed by atoms with Gasteiger partial charge in [-0.05, 0) is 35.9 Å². The maximum absolute atomic E-state index is 13.5. The van der Waals surface area contributed by atoms with Crippen LogP contribution in [0.3, 0.4) is 0 Å². The van der Waals surface area contributed by atoms with Gasteiger partial charge in [-0.25, -0.2) is 4.39 Å². The molecular formula is C20H13F. The van der Waals surface area contributed by atoms with Gasteiger partial charge in [-0.15, -0.1) is 0 Å². The lowest BCUT2D eigenvalue weighted by Gasteiger charge is -2.05. The number of rotatable bonds is 1. The fourth-order valence-corrected chi connectivity index (χ4v) is 2.14. The van der Waals surface area contributed by atoms with Crippen molar-refractivity contribution in [3.05, 3.63) is 95.8 Å². The van der Waals surface area contributed by atoms with Crippen molar-refractivity contribution in [3.63, 3.8) is 0 Å². The first-order valence-electron chi connectivity index (χ1n) is 6.75. The molecule has 0 saturated carbocycles. The molecular weight excluding hydrogens is 259 g/mol. The smallest absolute Gasteiger partial charge is 0.123 e. The zero-order chi connectivity index (χ0) is 14.5. The van der Waals surface area contributed by atoms with Gasteiger partial charge in [0.05, 0.1) is 0 Å². The molecule has 100 valence electrons. The van der Waals surface area contributed by atoms with Gasteiger partial charge in [0.2, 0.25) is 0 Å². The summed E-state index contributed by atoms with van der Waals surface area (Å²) in [6.07, 6.45) is 0. The molecule has 0 aliphatic heterocycles. The molecule has 0 atom stereocenters. The molecule has 0 amide bonds. The molecule has 3 rings (SSSR count). The quantitative estimate of drug-likeness (QED) is 0.553. The Bertz CT molecular complexity index is 793. The minimum absolute atomic E-state index is 0.251. The van der Waals surface area contributed by atoms with Crippen LogP contribution in [0.15, 0.2) is 78.9 Å². The Morgan fingerprint density at radius 3 is 2.05 bits per heavy atom. The largest absolute Gasteiger partial charge is 0.207 e. The van der Waals surface area contributed by atoms with E-state index in [4.69, 9.17) is 0 Å². The van der Waals surface area contributed by atoms with E-state index in [0.29, 0.717) is 0 Å². The molecule has 3 aromatic rings. The van der Waals surface area contributed by atoms with Crippen molar-refractivity contribution in [3.8, 4) is 23.0 Å². The number of benzene rings is 3. The molecule has 0 aliphatic rings. The number of hydrogen-bond acceptors (Lipinski definition) is 0. The third kappa shape index (κ3) is 3.19. The second-order valence-corrected chi connectivity index (χ2v) is 4.67. The van der Waals surface area contributed by atoms with E-state index >= 15 is 0 Å². The molecule has 0 heterocycles. The van der Waals surface area contributed by atoms with Crippen LogP contribution < -0.4 is 0 Å². The van der Waals surface area contributed by atoms with Gasteiger partial charge in [0.15, 0.2) is 0 Å². The maximum atomic E-state index is 13.5. The highest BCUT2D eigenvalue weighted by Gasteiger charge is 2.04. The van der Waals surface area contributed by atoms with Crippen LogP contribution in [0.1, 0.15) is 11.1 Å². The lowest BCUT2D eigenvalue weighted by atomic mass is 9.99. The summed E-state index contributed by atoms with van der Waals surface area (Å²) >= 11 is 0. The van der Waals surface area contributed by atoms with Gasteiger partial charge in [0, 0.05) is 16.7 Å². The Balaban J connectivity index is 2.06. The molecule has 0 radical (unpaired) electrons. The maximum Gasteiger partial charge on any atom is 0.123 e. The minimum Gasteiger partial charge on any atom is -0.207 e. The molecule has 0 spiro atoms. The second-order valence-electron chi connectivity index (χ2n) is 4.67. The highest BCUT2D eigenvalue weighted by Crippen LogP contribution is 2.24. The molecule has 0 nitrogen and oxygen atoms in total. The van der Waals surface area contributed by atoms with Crippen molar-refractivity contribution in [1.29, 1.82) is 0 Å². The first kappa shape index (κ1) is 13.1. The van der Waals surface area contributed by atoms with Crippen LogP contribution in [0.4, 0.5) is 4.39 Å². The second kappa shape index (κ2) is 6.07. The van der Waals surface area contributed by atoms with Crippen molar-refractivity contribution in [2.45, 2.75) is 0 Å². The lowest BCUT2D eigenvalue weighted by Crippen LogP contribution is -1.86. The summed E-state index contributed by atoms with van der Waals surface area (Å²) in [6, 6.07) is 24.2. The van der Waals surface area contributed by atoms with Crippen LogP contribution in [0.25, 0.3) is 11.1 Å². The standard InChI is InChI=1S/C20H13F/c21-19-14-13-18(12-11-16-7-3-1-4-8-16)20(15-19)17-9-5-2-6-10-17/h1-10,13-15H. The van der Waals surface area contributed by atoms with E-state index in [0.717, 1.165) is 22.3 Å². The summed E-state index contributed by atoms with van der Waals surface area (Å²) in [7, 11) is 0. The van der Waals surface area contributed by atoms with Gasteiger partial charge in [0.25, 0.3) is 0 Å². The van der Waals surface area contributed by atoms with Gasteiger partial charge in [-0.2, -0.15) is 0 Å². The topological polar surface area (TPSA) is 0 Å². The van der Waals surface area contributed by atoms with Crippen molar-refractivity contribution < 1.29 is 4.39 Å². The Hall–Kier alpha value is -2.85. The molecule has 21 heavy (non-hydrogen) atoms. The highest BCUT2D eigenvalue weighted by molar-refractivity contribution is 5.71. The van der Waals surface area contributed by atoms with Crippen LogP contribution >= 0.6 is 0 Å². The van der Waals surface area contributed by atoms with Crippen molar-refractivity contribution in [2.75, 3.05) is 0 Å². The average molecular weight is 272 g/mol. The van der Waals surface area contributed by atoms with E-state index in [2.05, 4.69) is 11.8 Å². The number of hydrogen-bond donors (Lipinski definition) is 0. The molecule has 0 fully saturated rings. The zero-order valence-electron chi connectivity index (χ0n) is 11.4. The normalized spacial score (nSPS) is 9.76. The van der Waals surface area contributed by atoms with Gasteiger partial charge in [-0.1, -0.05) is 60.4 Å². The highest BCUT2D eigenvalue weighted by atomic mass is 19.1. The van der Waals surface area contributed by atoms with Crippen LogP contribution in [0.2, 0.25) is 0 Å². The average Bonchev–Trinajstić information content (AvgIpc) is 2.55. The molecule has 0 unspecified atom stereocenters. The summed E-state index contributed by atoms with van der Waals surface area (Å²) in [4.78, 5) is 0. The Labute approximate surface area is 123 Å². The first-order chi connectivity index (χ1) is 10.3. The van der Waals surface area contributed by atoms with E-state index in [1.807, 2.05) is 60.7 Å². The van der Waals surface area contributed by atoms with E-state index < -0.39 is 0 Å². The lowest BCUT2D eigenvalue weighted by molar-refractivity contribution is 0.628. The zero-order valence-corrected chi connectivity index (χ0v) is 11.4. The van der Waals surface area contributed by atoms with Crippen molar-refractivity contribution in [1.82, 2.24) is 0 Å². The van der Waals surface area contributed by atoms with E-state index in [1.54, 1.807) is 6.07 Å². The van der Waals surface area contributed by atoms with Crippen LogP contribution in [0.5, 0.6) is 0 Å². The Morgan fingerprint density at radius 2 is 1.33 bits per heavy atom. The molecule has 1 heteroatoms. The number of halogens is 1. The third-order valence-corrected chi connectivity index (χ3v) is 3.18. The van der Waals surface area contributed by atoms with Gasteiger partial charge in [-0.3, -0.25) is 0 Å². The predicted octanol–water partition coefficient (Wildman–Crippen LogP) is 4.89. The summed E-state index contributed by atoms with van der Waals surface area (Å²) in [5.74, 6) is 6.01. The first-order valence-corrected chi connectivity index (χ1v) is 6.75. The predicted molar refractivity (Wildman–Crippen MR) is 84.3 cm³/mol. The van der Waals surface area contributed by atoms with Gasteiger partial charge >= 0.3 is 0 Å². The fourth-order valence-electron chi connectivity index (χ4n) is 2.14. The minimum atomic E-state index is -0.251. The third-order valence-electron chi connectivity index (χ3n) is 3.18. The molecule has 3 aromatic carbocycles.